The quantitative estimate of drug-likeness (QED) is 0.0962. The molecule has 4 atom stereocenters. The lowest BCUT2D eigenvalue weighted by Gasteiger charge is -2.19. The van der Waals surface area contributed by atoms with Gasteiger partial charge in [0.15, 0.2) is 17.0 Å². The fraction of sp³-hybridized carbons (Fsp3) is 0.233. The van der Waals surface area contributed by atoms with Crippen LogP contribution in [0.3, 0.4) is 0 Å². The number of ether oxygens (including phenoxy) is 1. The second kappa shape index (κ2) is 13.0. The van der Waals surface area contributed by atoms with Crippen molar-refractivity contribution in [2.45, 2.75) is 46.2 Å². The number of aliphatic hydroxyl groups is 3. The van der Waals surface area contributed by atoms with Gasteiger partial charge in [-0.05, 0) is 48.5 Å². The molecule has 1 aliphatic rings. The predicted octanol–water partition coefficient (Wildman–Crippen LogP) is 4.34. The summed E-state index contributed by atoms with van der Waals surface area (Å²) < 4.78 is 20.0. The van der Waals surface area contributed by atoms with Crippen molar-refractivity contribution in [3.63, 3.8) is 0 Å². The van der Waals surface area contributed by atoms with Crippen LogP contribution in [0.25, 0.3) is 33.1 Å². The molecule has 5 N–H and O–H groups in total. The summed E-state index contributed by atoms with van der Waals surface area (Å²) in [5.74, 6) is 0.162. The Bertz CT molecular complexity index is 2300. The first-order valence-corrected chi connectivity index (χ1v) is 17.5. The van der Waals surface area contributed by atoms with Crippen LogP contribution in [0.15, 0.2) is 86.1 Å². The highest BCUT2D eigenvalue weighted by Crippen LogP contribution is 2.39. The summed E-state index contributed by atoms with van der Waals surface area (Å²) in [5.41, 5.74) is 7.21. The average molecular weight is 805 g/mol. The van der Waals surface area contributed by atoms with Gasteiger partial charge in [0.25, 0.3) is 0 Å². The maximum atomic E-state index is 12.9. The van der Waals surface area contributed by atoms with E-state index in [9.17, 15) is 24.9 Å². The molecular formula is C30H23Br2N5O8S2. The smallest absolute Gasteiger partial charge is 0.340 e. The zero-order chi connectivity index (χ0) is 33.0. The van der Waals surface area contributed by atoms with E-state index in [0.717, 1.165) is 31.5 Å². The molecular weight excluding hydrogens is 782 g/mol. The third-order valence-corrected chi connectivity index (χ3v) is 10.5. The number of halogens is 2. The number of nitrogens with zero attached hydrogens (tertiary/aromatic N) is 4. The summed E-state index contributed by atoms with van der Waals surface area (Å²) in [4.78, 5) is 39.2. The molecule has 1 fully saturated rings. The van der Waals surface area contributed by atoms with Gasteiger partial charge >= 0.3 is 11.3 Å². The van der Waals surface area contributed by atoms with Crippen LogP contribution in [0.4, 0.5) is 5.95 Å². The Labute approximate surface area is 289 Å². The minimum absolute atomic E-state index is 0.111. The molecule has 5 heterocycles. The summed E-state index contributed by atoms with van der Waals surface area (Å²) in [6, 6.07) is 14.1. The lowest BCUT2D eigenvalue weighted by Crippen LogP contribution is -2.33. The summed E-state index contributed by atoms with van der Waals surface area (Å²) in [6.45, 7) is -0.541. The van der Waals surface area contributed by atoms with E-state index in [0.29, 0.717) is 27.3 Å². The van der Waals surface area contributed by atoms with Gasteiger partial charge in [-0.25, -0.2) is 19.6 Å². The Morgan fingerprint density at radius 2 is 1.43 bits per heavy atom. The van der Waals surface area contributed by atoms with Crippen molar-refractivity contribution >= 4 is 94.4 Å². The zero-order valence-corrected chi connectivity index (χ0v) is 28.7. The van der Waals surface area contributed by atoms with Crippen LogP contribution in [0.5, 0.6) is 0 Å². The van der Waals surface area contributed by atoms with Crippen LogP contribution in [-0.2, 0) is 16.2 Å². The van der Waals surface area contributed by atoms with Gasteiger partial charge in [-0.2, -0.15) is 4.98 Å². The molecule has 1 aliphatic heterocycles. The van der Waals surface area contributed by atoms with E-state index >= 15 is 0 Å². The molecule has 0 unspecified atom stereocenters. The van der Waals surface area contributed by atoms with Gasteiger partial charge in [0.2, 0.25) is 5.95 Å². The number of aliphatic hydroxyl groups excluding tert-OH is 3. The first-order valence-electron chi connectivity index (χ1n) is 14.0. The van der Waals surface area contributed by atoms with Crippen LogP contribution < -0.4 is 17.0 Å². The summed E-state index contributed by atoms with van der Waals surface area (Å²) >= 11 is 9.19. The Hall–Kier alpha value is -3.29. The molecule has 2 aromatic carbocycles. The molecule has 0 amide bonds. The van der Waals surface area contributed by atoms with Crippen molar-refractivity contribution in [1.82, 2.24) is 19.5 Å². The maximum absolute atomic E-state index is 12.9. The topological polar surface area (TPSA) is 200 Å². The first-order chi connectivity index (χ1) is 22.6. The van der Waals surface area contributed by atoms with E-state index in [-0.39, 0.29) is 33.8 Å². The zero-order valence-electron chi connectivity index (χ0n) is 23.9. The number of rotatable bonds is 8. The number of aromatic nitrogens is 4. The Morgan fingerprint density at radius 3 is 2.00 bits per heavy atom. The maximum Gasteiger partial charge on any atom is 0.340 e. The van der Waals surface area contributed by atoms with Crippen molar-refractivity contribution in [3.05, 3.63) is 89.4 Å². The fourth-order valence-electron chi connectivity index (χ4n) is 5.23. The average Bonchev–Trinajstić information content (AvgIpc) is 3.54. The van der Waals surface area contributed by atoms with Crippen molar-refractivity contribution < 1.29 is 28.9 Å². The number of hydrogen-bond acceptors (Lipinski definition) is 14. The van der Waals surface area contributed by atoms with E-state index < -0.39 is 42.4 Å². The monoisotopic (exact) mass is 803 g/mol. The van der Waals surface area contributed by atoms with Crippen LogP contribution in [0.1, 0.15) is 17.4 Å². The number of anilines is 1. The van der Waals surface area contributed by atoms with E-state index in [4.69, 9.17) is 24.3 Å². The highest BCUT2D eigenvalue weighted by atomic mass is 79.9. The van der Waals surface area contributed by atoms with E-state index in [1.165, 1.54) is 16.3 Å². The number of imidazole rings is 1. The third-order valence-electron chi connectivity index (χ3n) is 7.52. The Kier molecular flexibility index (Phi) is 8.90. The molecule has 13 nitrogen and oxygen atoms in total. The number of fused-ring (bicyclic) bond motifs is 3. The Morgan fingerprint density at radius 1 is 0.830 bits per heavy atom. The molecule has 47 heavy (non-hydrogen) atoms. The molecule has 0 spiro atoms. The third kappa shape index (κ3) is 6.22. The highest BCUT2D eigenvalue weighted by Gasteiger charge is 2.45. The molecule has 6 aromatic rings. The molecule has 0 aliphatic carbocycles. The molecule has 0 radical (unpaired) electrons. The van der Waals surface area contributed by atoms with Crippen LogP contribution in [-0.4, -0.2) is 59.8 Å². The molecule has 4 aromatic heterocycles. The Balaban J connectivity index is 1.28. The number of thioether (sulfide) groups is 2. The number of nitrogens with two attached hydrogens (primary N) is 1. The van der Waals surface area contributed by atoms with Crippen LogP contribution in [0.2, 0.25) is 0 Å². The number of benzene rings is 2. The second-order valence-corrected chi connectivity index (χ2v) is 14.4. The number of nitrogen functional groups attached to an aromatic ring is 1. The van der Waals surface area contributed by atoms with Crippen LogP contribution in [0, 0.1) is 0 Å². The van der Waals surface area contributed by atoms with Crippen molar-refractivity contribution in [3.8, 4) is 0 Å². The normalized spacial score (nSPS) is 19.8. The SMILES string of the molecule is Nc1nc(SCc2cc3cc(Br)ccc3oc2=O)c2nc(SCc3cc4cc(Br)ccc4oc3=O)n([C@@H]3O[C@H](CO)[C@@H](O)[C@H]3O)c2n1. The lowest BCUT2D eigenvalue weighted by molar-refractivity contribution is -0.0548. The molecule has 242 valence electrons. The molecule has 0 saturated carbocycles. The number of hydrogen-bond donors (Lipinski definition) is 4. The lowest BCUT2D eigenvalue weighted by atomic mass is 10.1. The van der Waals surface area contributed by atoms with Crippen molar-refractivity contribution in [2.75, 3.05) is 12.3 Å². The molecule has 1 saturated heterocycles. The van der Waals surface area contributed by atoms with Gasteiger partial charge in [-0.3, -0.25) is 4.57 Å². The second-order valence-electron chi connectivity index (χ2n) is 10.6. The summed E-state index contributed by atoms with van der Waals surface area (Å²) in [7, 11) is 0. The standard InChI is InChI=1S/C30H23Br2N5O8S2/c31-16-1-3-18-12(7-16)5-14(27(41)44-18)10-46-25-21-24(35-29(33)36-25)37(26-23(40)22(39)20(9-38)43-26)30(34-21)47-11-15-6-13-8-17(32)2-4-19(13)45-28(15)42/h1-8,20,22-23,26,38-40H,9-11H2,(H2,33,35,36)/t20-,22-,23-,26-/m1/s1. The van der Waals surface area contributed by atoms with Gasteiger partial charge in [-0.15, -0.1) is 0 Å². The minimum Gasteiger partial charge on any atom is -0.423 e. The van der Waals surface area contributed by atoms with Gasteiger partial charge < -0.3 is 34.6 Å². The van der Waals surface area contributed by atoms with Gasteiger partial charge in [0.05, 0.1) is 6.61 Å². The van der Waals surface area contributed by atoms with E-state index in [1.807, 2.05) is 12.1 Å². The van der Waals surface area contributed by atoms with Gasteiger partial charge in [-0.1, -0.05) is 55.4 Å². The van der Waals surface area contributed by atoms with Crippen molar-refractivity contribution in [2.24, 2.45) is 0 Å². The van der Waals surface area contributed by atoms with E-state index in [1.54, 1.807) is 36.4 Å². The fourth-order valence-corrected chi connectivity index (χ4v) is 7.89. The predicted molar refractivity (Wildman–Crippen MR) is 182 cm³/mol. The molecule has 7 rings (SSSR count). The summed E-state index contributed by atoms with van der Waals surface area (Å²) in [6.07, 6.45) is -5.14. The molecule has 17 heteroatoms. The highest BCUT2D eigenvalue weighted by molar-refractivity contribution is 9.10. The largest absolute Gasteiger partial charge is 0.423 e. The summed E-state index contributed by atoms with van der Waals surface area (Å²) in [5, 5.41) is 33.3. The van der Waals surface area contributed by atoms with Crippen molar-refractivity contribution in [1.29, 1.82) is 0 Å². The molecule has 0 bridgehead atoms. The minimum atomic E-state index is -1.46. The van der Waals surface area contributed by atoms with E-state index in [2.05, 4.69) is 41.8 Å². The first kappa shape index (κ1) is 32.3. The van der Waals surface area contributed by atoms with Gasteiger partial charge in [0.1, 0.15) is 40.0 Å². The van der Waals surface area contributed by atoms with Crippen LogP contribution >= 0.6 is 55.4 Å². The van der Waals surface area contributed by atoms with Gasteiger partial charge in [0, 0.05) is 42.4 Å².